The van der Waals surface area contributed by atoms with Crippen molar-refractivity contribution in [2.75, 3.05) is 7.11 Å². The standard InChI is InChI=1S/C13H11BrO2S/c1-8-5-9(7-10(14)6-8)12(15)13-11(16-2)3-4-17-13/h3-7H,1-2H3. The molecule has 0 unspecified atom stereocenters. The highest BCUT2D eigenvalue weighted by Crippen LogP contribution is 2.28. The number of ketones is 1. The minimum absolute atomic E-state index is 0.00116. The van der Waals surface area contributed by atoms with Gasteiger partial charge in [-0.05, 0) is 42.1 Å². The molecule has 0 N–H and O–H groups in total. The summed E-state index contributed by atoms with van der Waals surface area (Å²) in [6, 6.07) is 7.49. The Balaban J connectivity index is 2.43. The van der Waals surface area contributed by atoms with Gasteiger partial charge >= 0.3 is 0 Å². The Morgan fingerprint density at radius 3 is 2.76 bits per heavy atom. The largest absolute Gasteiger partial charge is 0.495 e. The molecule has 1 aromatic carbocycles. The van der Waals surface area contributed by atoms with Crippen molar-refractivity contribution >= 4 is 33.0 Å². The maximum Gasteiger partial charge on any atom is 0.206 e. The summed E-state index contributed by atoms with van der Waals surface area (Å²) in [5.74, 6) is 0.638. The lowest BCUT2D eigenvalue weighted by Gasteiger charge is -2.04. The van der Waals surface area contributed by atoms with Gasteiger partial charge in [-0.15, -0.1) is 11.3 Å². The number of methoxy groups -OCH3 is 1. The third-order valence-electron chi connectivity index (χ3n) is 2.36. The van der Waals surface area contributed by atoms with Crippen molar-refractivity contribution < 1.29 is 9.53 Å². The van der Waals surface area contributed by atoms with Crippen molar-refractivity contribution in [1.29, 1.82) is 0 Å². The lowest BCUT2D eigenvalue weighted by Crippen LogP contribution is -2.01. The molecule has 0 radical (unpaired) electrons. The second-order valence-electron chi connectivity index (χ2n) is 3.66. The van der Waals surface area contributed by atoms with Gasteiger partial charge in [0.2, 0.25) is 5.78 Å². The topological polar surface area (TPSA) is 26.3 Å². The highest BCUT2D eigenvalue weighted by Gasteiger charge is 2.16. The normalized spacial score (nSPS) is 10.3. The van der Waals surface area contributed by atoms with Crippen LogP contribution in [0, 0.1) is 6.92 Å². The van der Waals surface area contributed by atoms with Crippen LogP contribution in [0.25, 0.3) is 0 Å². The third kappa shape index (κ3) is 2.58. The zero-order valence-electron chi connectivity index (χ0n) is 9.49. The molecular formula is C13H11BrO2S. The molecule has 1 heterocycles. The molecule has 1 aromatic heterocycles. The Labute approximate surface area is 112 Å². The SMILES string of the molecule is COc1ccsc1C(=O)c1cc(C)cc(Br)c1. The molecule has 0 aliphatic carbocycles. The summed E-state index contributed by atoms with van der Waals surface area (Å²) < 4.78 is 6.08. The third-order valence-corrected chi connectivity index (χ3v) is 3.71. The second-order valence-corrected chi connectivity index (χ2v) is 5.50. The van der Waals surface area contributed by atoms with E-state index in [1.165, 1.54) is 11.3 Å². The van der Waals surface area contributed by atoms with E-state index in [2.05, 4.69) is 15.9 Å². The smallest absolute Gasteiger partial charge is 0.206 e. The summed E-state index contributed by atoms with van der Waals surface area (Å²) in [4.78, 5) is 12.9. The Kier molecular flexibility index (Phi) is 3.64. The van der Waals surface area contributed by atoms with Crippen molar-refractivity contribution in [1.82, 2.24) is 0 Å². The number of rotatable bonds is 3. The highest BCUT2D eigenvalue weighted by atomic mass is 79.9. The summed E-state index contributed by atoms with van der Waals surface area (Å²) >= 11 is 4.80. The molecule has 0 aliphatic heterocycles. The molecule has 0 fully saturated rings. The number of carbonyl (C=O) groups excluding carboxylic acids is 1. The van der Waals surface area contributed by atoms with Crippen LogP contribution in [-0.2, 0) is 0 Å². The lowest BCUT2D eigenvalue weighted by molar-refractivity contribution is 0.104. The molecule has 2 rings (SSSR count). The number of aryl methyl sites for hydroxylation is 1. The van der Waals surface area contributed by atoms with Gasteiger partial charge in [-0.25, -0.2) is 0 Å². The minimum atomic E-state index is 0.00116. The van der Waals surface area contributed by atoms with E-state index in [0.29, 0.717) is 16.2 Å². The Bertz CT molecular complexity index is 540. The average molecular weight is 311 g/mol. The predicted molar refractivity (Wildman–Crippen MR) is 73.2 cm³/mol. The molecule has 88 valence electrons. The number of hydrogen-bond acceptors (Lipinski definition) is 3. The first-order chi connectivity index (χ1) is 8.11. The van der Waals surface area contributed by atoms with Crippen molar-refractivity contribution in [2.24, 2.45) is 0 Å². The average Bonchev–Trinajstić information content (AvgIpc) is 2.74. The number of benzene rings is 1. The quantitative estimate of drug-likeness (QED) is 0.799. The van der Waals surface area contributed by atoms with Gasteiger partial charge in [-0.2, -0.15) is 0 Å². The van der Waals surface area contributed by atoms with Crippen LogP contribution in [0.2, 0.25) is 0 Å². The van der Waals surface area contributed by atoms with Crippen LogP contribution in [0.5, 0.6) is 5.75 Å². The molecule has 0 amide bonds. The number of halogens is 1. The first-order valence-electron chi connectivity index (χ1n) is 5.05. The summed E-state index contributed by atoms with van der Waals surface area (Å²) in [6.07, 6.45) is 0. The van der Waals surface area contributed by atoms with E-state index in [1.807, 2.05) is 36.6 Å². The second kappa shape index (κ2) is 5.02. The van der Waals surface area contributed by atoms with Crippen molar-refractivity contribution in [2.45, 2.75) is 6.92 Å². The Morgan fingerprint density at radius 1 is 1.35 bits per heavy atom. The van der Waals surface area contributed by atoms with E-state index in [0.717, 1.165) is 10.0 Å². The molecule has 2 nitrogen and oxygen atoms in total. The molecule has 0 saturated carbocycles. The van der Waals surface area contributed by atoms with E-state index in [9.17, 15) is 4.79 Å². The van der Waals surface area contributed by atoms with Gasteiger partial charge in [0.05, 0.1) is 7.11 Å². The number of carbonyl (C=O) groups is 1. The zero-order valence-corrected chi connectivity index (χ0v) is 11.9. The zero-order chi connectivity index (χ0) is 12.4. The van der Waals surface area contributed by atoms with Crippen molar-refractivity contribution in [3.63, 3.8) is 0 Å². The van der Waals surface area contributed by atoms with Crippen LogP contribution in [-0.4, -0.2) is 12.9 Å². The maximum atomic E-state index is 12.3. The van der Waals surface area contributed by atoms with Gasteiger partial charge in [-0.1, -0.05) is 15.9 Å². The van der Waals surface area contributed by atoms with Gasteiger partial charge in [0.25, 0.3) is 0 Å². The minimum Gasteiger partial charge on any atom is -0.495 e. The van der Waals surface area contributed by atoms with Gasteiger partial charge in [0.15, 0.2) is 0 Å². The van der Waals surface area contributed by atoms with Crippen LogP contribution < -0.4 is 4.74 Å². The summed E-state index contributed by atoms with van der Waals surface area (Å²) in [7, 11) is 1.57. The highest BCUT2D eigenvalue weighted by molar-refractivity contribution is 9.10. The Hall–Kier alpha value is -1.13. The first kappa shape index (κ1) is 12.3. The monoisotopic (exact) mass is 310 g/mol. The molecule has 0 aliphatic rings. The number of thiophene rings is 1. The van der Waals surface area contributed by atoms with Gasteiger partial charge < -0.3 is 4.74 Å². The summed E-state index contributed by atoms with van der Waals surface area (Å²) in [6.45, 7) is 1.97. The molecule has 0 spiro atoms. The lowest BCUT2D eigenvalue weighted by atomic mass is 10.1. The number of hydrogen-bond donors (Lipinski definition) is 0. The summed E-state index contributed by atoms with van der Waals surface area (Å²) in [5, 5.41) is 1.86. The van der Waals surface area contributed by atoms with Crippen molar-refractivity contribution in [3.05, 3.63) is 50.1 Å². The van der Waals surface area contributed by atoms with Crippen LogP contribution in [0.15, 0.2) is 34.1 Å². The van der Waals surface area contributed by atoms with E-state index in [-0.39, 0.29) is 5.78 Å². The van der Waals surface area contributed by atoms with Crippen LogP contribution in [0.3, 0.4) is 0 Å². The predicted octanol–water partition coefficient (Wildman–Crippen LogP) is 4.06. The molecule has 17 heavy (non-hydrogen) atoms. The Morgan fingerprint density at radius 2 is 2.12 bits per heavy atom. The molecule has 2 aromatic rings. The van der Waals surface area contributed by atoms with Crippen LogP contribution in [0.1, 0.15) is 20.8 Å². The van der Waals surface area contributed by atoms with E-state index < -0.39 is 0 Å². The van der Waals surface area contributed by atoms with Crippen LogP contribution >= 0.6 is 27.3 Å². The maximum absolute atomic E-state index is 12.3. The fraction of sp³-hybridized carbons (Fsp3) is 0.154. The number of ether oxygens (including phenoxy) is 1. The molecule has 0 atom stereocenters. The van der Waals surface area contributed by atoms with Gasteiger partial charge in [0.1, 0.15) is 10.6 Å². The van der Waals surface area contributed by atoms with Gasteiger partial charge in [-0.3, -0.25) is 4.79 Å². The van der Waals surface area contributed by atoms with Crippen LogP contribution in [0.4, 0.5) is 0 Å². The van der Waals surface area contributed by atoms with E-state index >= 15 is 0 Å². The summed E-state index contributed by atoms with van der Waals surface area (Å²) in [5.41, 5.74) is 1.73. The van der Waals surface area contributed by atoms with Crippen molar-refractivity contribution in [3.8, 4) is 5.75 Å². The molecule has 0 saturated heterocycles. The first-order valence-corrected chi connectivity index (χ1v) is 6.72. The fourth-order valence-corrected chi connectivity index (χ4v) is 3.05. The molecule has 0 bridgehead atoms. The van der Waals surface area contributed by atoms with Gasteiger partial charge in [0, 0.05) is 10.0 Å². The van der Waals surface area contributed by atoms with E-state index in [1.54, 1.807) is 7.11 Å². The molecular weight excluding hydrogens is 300 g/mol. The molecule has 4 heteroatoms. The van der Waals surface area contributed by atoms with E-state index in [4.69, 9.17) is 4.74 Å². The fourth-order valence-electron chi connectivity index (χ4n) is 1.62.